The van der Waals surface area contributed by atoms with Crippen molar-refractivity contribution in [3.63, 3.8) is 0 Å². The number of halogens is 2. The molecule has 0 atom stereocenters. The molecule has 0 amide bonds. The van der Waals surface area contributed by atoms with Crippen molar-refractivity contribution in [1.29, 1.82) is 5.41 Å². The summed E-state index contributed by atoms with van der Waals surface area (Å²) in [5.74, 6) is 0.488. The van der Waals surface area contributed by atoms with E-state index < -0.39 is 5.82 Å². The molecule has 0 spiro atoms. The summed E-state index contributed by atoms with van der Waals surface area (Å²) in [5.41, 5.74) is 1.33. The first-order chi connectivity index (χ1) is 11.0. The van der Waals surface area contributed by atoms with Crippen molar-refractivity contribution in [2.24, 2.45) is 0 Å². The summed E-state index contributed by atoms with van der Waals surface area (Å²) < 4.78 is 13.1. The van der Waals surface area contributed by atoms with E-state index in [1.807, 2.05) is 19.9 Å². The molecule has 0 aliphatic heterocycles. The lowest BCUT2D eigenvalue weighted by molar-refractivity contribution is 0.628. The number of allylic oxidation sites excluding steroid dienone is 1. The predicted octanol–water partition coefficient (Wildman–Crippen LogP) is 4.66. The normalized spacial score (nSPS) is 10.8. The topological polar surface area (TPSA) is 64.9 Å². The fraction of sp³-hybridized carbons (Fsp3) is 0.188. The molecule has 0 saturated heterocycles. The molecule has 0 unspecified atom stereocenters. The van der Waals surface area contributed by atoms with Crippen LogP contribution < -0.4 is 10.2 Å². The van der Waals surface area contributed by atoms with E-state index in [2.05, 4.69) is 15.3 Å². The van der Waals surface area contributed by atoms with Gasteiger partial charge in [-0.25, -0.2) is 9.37 Å². The second-order valence-corrected chi connectivity index (χ2v) is 5.19. The molecule has 2 rings (SSSR count). The van der Waals surface area contributed by atoms with Gasteiger partial charge in [0.2, 0.25) is 5.95 Å². The molecular weight excluding hydrogens is 317 g/mol. The predicted molar refractivity (Wildman–Crippen MR) is 92.2 cm³/mol. The number of rotatable bonds is 6. The van der Waals surface area contributed by atoms with Crippen LogP contribution in [0.4, 0.5) is 21.8 Å². The Morgan fingerprint density at radius 2 is 2.22 bits per heavy atom. The van der Waals surface area contributed by atoms with Gasteiger partial charge < -0.3 is 5.32 Å². The van der Waals surface area contributed by atoms with Crippen molar-refractivity contribution in [3.05, 3.63) is 53.1 Å². The Labute approximate surface area is 139 Å². The van der Waals surface area contributed by atoms with Crippen molar-refractivity contribution in [2.45, 2.75) is 20.3 Å². The van der Waals surface area contributed by atoms with E-state index in [4.69, 9.17) is 17.0 Å². The zero-order valence-corrected chi connectivity index (χ0v) is 13.6. The molecule has 0 radical (unpaired) electrons. The van der Waals surface area contributed by atoms with E-state index in [9.17, 15) is 4.39 Å². The SMILES string of the molecule is CC/C=C/N(C=N)c1nc(Nc2ccc(F)cc2Cl)ncc1C. The quantitative estimate of drug-likeness (QED) is 0.596. The minimum Gasteiger partial charge on any atom is -0.323 e. The van der Waals surface area contributed by atoms with Gasteiger partial charge in [0.15, 0.2) is 0 Å². The summed E-state index contributed by atoms with van der Waals surface area (Å²) in [6, 6.07) is 4.04. The van der Waals surface area contributed by atoms with Gasteiger partial charge in [-0.05, 0) is 31.5 Å². The fourth-order valence-corrected chi connectivity index (χ4v) is 2.07. The minimum atomic E-state index is -0.411. The van der Waals surface area contributed by atoms with Crippen LogP contribution in [0.1, 0.15) is 18.9 Å². The summed E-state index contributed by atoms with van der Waals surface area (Å²) >= 11 is 5.99. The van der Waals surface area contributed by atoms with Crippen LogP contribution in [0.3, 0.4) is 0 Å². The number of aryl methyl sites for hydroxylation is 1. The lowest BCUT2D eigenvalue weighted by Gasteiger charge is -2.16. The molecule has 2 aromatic rings. The Balaban J connectivity index is 2.32. The van der Waals surface area contributed by atoms with Gasteiger partial charge in [0.05, 0.1) is 17.0 Å². The third-order valence-corrected chi connectivity index (χ3v) is 3.32. The van der Waals surface area contributed by atoms with E-state index in [1.54, 1.807) is 17.3 Å². The van der Waals surface area contributed by atoms with Gasteiger partial charge in [0, 0.05) is 18.0 Å². The standard InChI is InChI=1S/C16H17ClFN5/c1-3-4-7-23(10-19)15-11(2)9-20-16(22-15)21-14-6-5-12(18)8-13(14)17/h4-10,19H,3H2,1-2H3,(H,20,21,22)/b7-4+,19-10?. The van der Waals surface area contributed by atoms with Gasteiger partial charge in [0.1, 0.15) is 11.6 Å². The maximum Gasteiger partial charge on any atom is 0.229 e. The summed E-state index contributed by atoms with van der Waals surface area (Å²) in [6.45, 7) is 3.87. The monoisotopic (exact) mass is 333 g/mol. The molecule has 1 heterocycles. The minimum absolute atomic E-state index is 0.241. The smallest absolute Gasteiger partial charge is 0.229 e. The highest BCUT2D eigenvalue weighted by atomic mass is 35.5. The second-order valence-electron chi connectivity index (χ2n) is 4.78. The molecule has 7 heteroatoms. The van der Waals surface area contributed by atoms with Crippen LogP contribution in [0.25, 0.3) is 0 Å². The van der Waals surface area contributed by atoms with Crippen LogP contribution in [-0.4, -0.2) is 16.3 Å². The highest BCUT2D eigenvalue weighted by Crippen LogP contribution is 2.26. The first-order valence-electron chi connectivity index (χ1n) is 7.06. The number of nitrogens with one attached hydrogen (secondary N) is 2. The van der Waals surface area contributed by atoms with Crippen LogP contribution in [0.5, 0.6) is 0 Å². The Kier molecular flexibility index (Phi) is 5.65. The van der Waals surface area contributed by atoms with Crippen molar-refractivity contribution in [1.82, 2.24) is 9.97 Å². The third kappa shape index (κ3) is 4.26. The highest BCUT2D eigenvalue weighted by Gasteiger charge is 2.10. The molecular formula is C16H17ClFN5. The van der Waals surface area contributed by atoms with Crippen LogP contribution in [0.2, 0.25) is 5.02 Å². The first kappa shape index (κ1) is 16.9. The molecule has 5 nitrogen and oxygen atoms in total. The maximum atomic E-state index is 13.1. The van der Waals surface area contributed by atoms with Crippen LogP contribution >= 0.6 is 11.6 Å². The molecule has 1 aromatic heterocycles. The average molecular weight is 334 g/mol. The van der Waals surface area contributed by atoms with Crippen molar-refractivity contribution in [2.75, 3.05) is 10.2 Å². The van der Waals surface area contributed by atoms with Gasteiger partial charge in [-0.2, -0.15) is 4.98 Å². The first-order valence-corrected chi connectivity index (χ1v) is 7.44. The van der Waals surface area contributed by atoms with E-state index in [0.29, 0.717) is 17.5 Å². The molecule has 23 heavy (non-hydrogen) atoms. The molecule has 1 aromatic carbocycles. The fourth-order valence-electron chi connectivity index (χ4n) is 1.86. The molecule has 0 bridgehead atoms. The Bertz CT molecular complexity index is 732. The number of aromatic nitrogens is 2. The maximum absolute atomic E-state index is 13.1. The molecule has 0 aliphatic rings. The van der Waals surface area contributed by atoms with Crippen molar-refractivity contribution in [3.8, 4) is 0 Å². The Hall–Kier alpha value is -2.47. The number of benzene rings is 1. The van der Waals surface area contributed by atoms with Gasteiger partial charge in [-0.15, -0.1) is 0 Å². The van der Waals surface area contributed by atoms with Gasteiger partial charge in [-0.3, -0.25) is 10.3 Å². The van der Waals surface area contributed by atoms with E-state index in [1.165, 1.54) is 24.5 Å². The summed E-state index contributed by atoms with van der Waals surface area (Å²) in [5, 5.41) is 10.7. The molecule has 2 N–H and O–H groups in total. The largest absolute Gasteiger partial charge is 0.323 e. The molecule has 0 aliphatic carbocycles. The molecule has 120 valence electrons. The number of nitrogens with zero attached hydrogens (tertiary/aromatic N) is 3. The van der Waals surface area contributed by atoms with E-state index in [-0.39, 0.29) is 5.02 Å². The number of hydrogen-bond donors (Lipinski definition) is 2. The zero-order chi connectivity index (χ0) is 16.8. The van der Waals surface area contributed by atoms with Crippen LogP contribution in [0.15, 0.2) is 36.7 Å². The lowest BCUT2D eigenvalue weighted by Crippen LogP contribution is -2.16. The van der Waals surface area contributed by atoms with Gasteiger partial charge in [0.25, 0.3) is 0 Å². The number of anilines is 3. The summed E-state index contributed by atoms with van der Waals surface area (Å²) in [7, 11) is 0. The summed E-state index contributed by atoms with van der Waals surface area (Å²) in [6.07, 6.45) is 7.38. The Morgan fingerprint density at radius 1 is 1.43 bits per heavy atom. The van der Waals surface area contributed by atoms with E-state index in [0.717, 1.165) is 12.0 Å². The van der Waals surface area contributed by atoms with Crippen LogP contribution in [0, 0.1) is 18.2 Å². The Morgan fingerprint density at radius 3 is 2.87 bits per heavy atom. The highest BCUT2D eigenvalue weighted by molar-refractivity contribution is 6.33. The van der Waals surface area contributed by atoms with Crippen molar-refractivity contribution < 1.29 is 4.39 Å². The second kappa shape index (κ2) is 7.69. The molecule has 0 fully saturated rings. The van der Waals surface area contributed by atoms with E-state index >= 15 is 0 Å². The molecule has 0 saturated carbocycles. The van der Waals surface area contributed by atoms with Crippen LogP contribution in [-0.2, 0) is 0 Å². The third-order valence-electron chi connectivity index (χ3n) is 3.01. The number of hydrogen-bond acceptors (Lipinski definition) is 4. The van der Waals surface area contributed by atoms with Gasteiger partial charge in [-0.1, -0.05) is 24.6 Å². The van der Waals surface area contributed by atoms with Crippen molar-refractivity contribution >= 4 is 35.4 Å². The zero-order valence-electron chi connectivity index (χ0n) is 12.8. The van der Waals surface area contributed by atoms with Gasteiger partial charge >= 0.3 is 0 Å². The lowest BCUT2D eigenvalue weighted by atomic mass is 10.3. The average Bonchev–Trinajstić information content (AvgIpc) is 2.53. The summed E-state index contributed by atoms with van der Waals surface area (Å²) in [4.78, 5) is 10.2.